The lowest BCUT2D eigenvalue weighted by atomic mass is 9.77. The van der Waals surface area contributed by atoms with Crippen LogP contribution in [0.4, 0.5) is 0 Å². The average molecular weight is 485 g/mol. The Morgan fingerprint density at radius 1 is 0.778 bits per heavy atom. The van der Waals surface area contributed by atoms with Crippen LogP contribution in [-0.2, 0) is 12.1 Å². The number of para-hydroxylation sites is 1. The maximum absolute atomic E-state index is 13.8. The second-order valence-corrected chi connectivity index (χ2v) is 10.9. The van der Waals surface area contributed by atoms with Gasteiger partial charge in [-0.2, -0.15) is 0 Å². The zero-order chi connectivity index (χ0) is 24.7. The Bertz CT molecular complexity index is 1310. The third kappa shape index (κ3) is 3.62. The highest BCUT2D eigenvalue weighted by atomic mass is 16.3. The van der Waals surface area contributed by atoms with Gasteiger partial charge >= 0.3 is 0 Å². The van der Waals surface area contributed by atoms with Gasteiger partial charge in [-0.05, 0) is 49.8 Å². The molecule has 2 aromatic carbocycles. The molecular formula is C31H36N2O3. The summed E-state index contributed by atoms with van der Waals surface area (Å²) >= 11 is 0. The maximum atomic E-state index is 13.8. The number of amides is 1. The van der Waals surface area contributed by atoms with E-state index in [1.54, 1.807) is 4.90 Å². The summed E-state index contributed by atoms with van der Waals surface area (Å²) in [5.74, 6) is -0.326. The molecule has 3 aliphatic rings. The molecule has 2 atom stereocenters. The number of carbonyl (C=O) groups excluding carboxylic acids is 2. The lowest BCUT2D eigenvalue weighted by Crippen LogP contribution is -2.50. The van der Waals surface area contributed by atoms with Gasteiger partial charge in [0.05, 0.1) is 11.4 Å². The molecule has 2 unspecified atom stereocenters. The van der Waals surface area contributed by atoms with Gasteiger partial charge in [-0.3, -0.25) is 14.2 Å². The van der Waals surface area contributed by atoms with Crippen LogP contribution in [0.2, 0.25) is 0 Å². The Labute approximate surface area is 213 Å². The number of fused-ring (bicyclic) bond motifs is 7. The summed E-state index contributed by atoms with van der Waals surface area (Å²) in [6.45, 7) is 0.532. The van der Waals surface area contributed by atoms with Crippen LogP contribution in [0.3, 0.4) is 0 Å². The SMILES string of the molecule is O=C1c2ccccc2C2(O)C3CCCc4c3n(c3ccccc43)C(=O)CCCCCCCCCCN12. The number of aromatic nitrogens is 1. The first-order valence-corrected chi connectivity index (χ1v) is 13.9. The zero-order valence-corrected chi connectivity index (χ0v) is 21.0. The third-order valence-electron chi connectivity index (χ3n) is 8.74. The fourth-order valence-corrected chi connectivity index (χ4v) is 7.04. The molecular weight excluding hydrogens is 448 g/mol. The smallest absolute Gasteiger partial charge is 0.256 e. The van der Waals surface area contributed by atoms with Gasteiger partial charge in [-0.1, -0.05) is 74.9 Å². The van der Waals surface area contributed by atoms with Gasteiger partial charge in [0.1, 0.15) is 0 Å². The monoisotopic (exact) mass is 484 g/mol. The predicted octanol–water partition coefficient (Wildman–Crippen LogP) is 6.53. The zero-order valence-electron chi connectivity index (χ0n) is 21.0. The van der Waals surface area contributed by atoms with Crippen molar-refractivity contribution in [2.75, 3.05) is 6.54 Å². The van der Waals surface area contributed by atoms with Crippen LogP contribution in [0.15, 0.2) is 48.5 Å². The molecule has 1 aliphatic carbocycles. The minimum atomic E-state index is -1.45. The second kappa shape index (κ2) is 9.51. The van der Waals surface area contributed by atoms with Crippen LogP contribution in [0.1, 0.15) is 109 Å². The molecule has 0 fully saturated rings. The molecule has 1 amide bonds. The standard InChI is InChI=1S/C31H36N2O3/c34-28-20-7-5-3-1-2-4-6-12-21-32-30(35)24-15-8-10-17-25(24)31(32,36)26-18-13-16-23-22-14-9-11-19-27(22)33(28)29(23)26/h8-11,14-15,17,19,26,36H,1-7,12-13,16,18,20-21H2. The first kappa shape index (κ1) is 23.5. The van der Waals surface area contributed by atoms with Crippen molar-refractivity contribution in [3.8, 4) is 0 Å². The van der Waals surface area contributed by atoms with Gasteiger partial charge in [0.25, 0.3) is 5.91 Å². The largest absolute Gasteiger partial charge is 0.366 e. The maximum Gasteiger partial charge on any atom is 0.256 e. The summed E-state index contributed by atoms with van der Waals surface area (Å²) in [6, 6.07) is 15.7. The van der Waals surface area contributed by atoms with Crippen molar-refractivity contribution >= 4 is 22.7 Å². The normalized spacial score (nSPS) is 25.5. The summed E-state index contributed by atoms with van der Waals surface area (Å²) in [6.07, 6.45) is 11.7. The van der Waals surface area contributed by atoms with E-state index in [0.717, 1.165) is 68.0 Å². The van der Waals surface area contributed by atoms with Gasteiger partial charge < -0.3 is 10.0 Å². The average Bonchev–Trinajstić information content (AvgIpc) is 3.35. The predicted molar refractivity (Wildman–Crippen MR) is 141 cm³/mol. The van der Waals surface area contributed by atoms with Crippen molar-refractivity contribution in [1.82, 2.24) is 9.47 Å². The van der Waals surface area contributed by atoms with Crippen LogP contribution in [0.5, 0.6) is 0 Å². The van der Waals surface area contributed by atoms with E-state index >= 15 is 0 Å². The highest BCUT2D eigenvalue weighted by Crippen LogP contribution is 2.52. The molecule has 3 heterocycles. The fourth-order valence-electron chi connectivity index (χ4n) is 7.04. The number of benzene rings is 2. The fraction of sp³-hybridized carbons (Fsp3) is 0.484. The Morgan fingerprint density at radius 2 is 1.47 bits per heavy atom. The van der Waals surface area contributed by atoms with Crippen LogP contribution in [0, 0.1) is 0 Å². The molecule has 2 aliphatic heterocycles. The van der Waals surface area contributed by atoms with Crippen LogP contribution in [0.25, 0.3) is 10.9 Å². The quantitative estimate of drug-likeness (QED) is 0.395. The minimum Gasteiger partial charge on any atom is -0.366 e. The van der Waals surface area contributed by atoms with E-state index < -0.39 is 5.72 Å². The molecule has 5 nitrogen and oxygen atoms in total. The van der Waals surface area contributed by atoms with Crippen molar-refractivity contribution in [3.63, 3.8) is 0 Å². The van der Waals surface area contributed by atoms with Crippen molar-refractivity contribution in [2.45, 2.75) is 88.7 Å². The number of carbonyl (C=O) groups is 2. The van der Waals surface area contributed by atoms with Crippen molar-refractivity contribution < 1.29 is 14.7 Å². The van der Waals surface area contributed by atoms with E-state index in [9.17, 15) is 14.7 Å². The number of hydrogen-bond donors (Lipinski definition) is 1. The molecule has 0 spiro atoms. The molecule has 0 radical (unpaired) electrons. The Morgan fingerprint density at radius 3 is 2.31 bits per heavy atom. The van der Waals surface area contributed by atoms with E-state index in [2.05, 4.69) is 6.07 Å². The molecule has 3 aromatic rings. The summed E-state index contributed by atoms with van der Waals surface area (Å²) in [4.78, 5) is 29.2. The highest BCUT2D eigenvalue weighted by molar-refractivity contribution is 6.00. The number of hydrogen-bond acceptors (Lipinski definition) is 3. The van der Waals surface area contributed by atoms with Gasteiger partial charge in [-0.15, -0.1) is 0 Å². The third-order valence-corrected chi connectivity index (χ3v) is 8.74. The Balaban J connectivity index is 1.56. The van der Waals surface area contributed by atoms with Gasteiger partial charge in [-0.25, -0.2) is 0 Å². The summed E-state index contributed by atoms with van der Waals surface area (Å²) in [7, 11) is 0. The number of nitrogens with zero attached hydrogens (tertiary/aromatic N) is 2. The molecule has 188 valence electrons. The van der Waals surface area contributed by atoms with E-state index in [1.807, 2.05) is 47.0 Å². The Hall–Kier alpha value is -2.92. The van der Waals surface area contributed by atoms with Crippen LogP contribution >= 0.6 is 0 Å². The minimum absolute atomic E-state index is 0.0877. The lowest BCUT2D eigenvalue weighted by Gasteiger charge is -2.43. The first-order chi connectivity index (χ1) is 17.6. The second-order valence-electron chi connectivity index (χ2n) is 10.9. The van der Waals surface area contributed by atoms with Gasteiger partial charge in [0.2, 0.25) is 5.91 Å². The van der Waals surface area contributed by atoms with Crippen LogP contribution < -0.4 is 0 Å². The molecule has 6 rings (SSSR count). The summed E-state index contributed by atoms with van der Waals surface area (Å²) in [5, 5.41) is 13.8. The van der Waals surface area contributed by atoms with Crippen LogP contribution in [-0.4, -0.2) is 32.9 Å². The number of rotatable bonds is 0. The lowest BCUT2D eigenvalue weighted by molar-refractivity contribution is -0.110. The topological polar surface area (TPSA) is 62.5 Å². The van der Waals surface area contributed by atoms with Crippen molar-refractivity contribution in [1.29, 1.82) is 0 Å². The summed E-state index contributed by atoms with van der Waals surface area (Å²) in [5.41, 5.74) is 2.87. The van der Waals surface area contributed by atoms with E-state index in [4.69, 9.17) is 0 Å². The molecule has 0 saturated carbocycles. The summed E-state index contributed by atoms with van der Waals surface area (Å²) < 4.78 is 1.92. The van der Waals surface area contributed by atoms with Crippen molar-refractivity contribution in [3.05, 3.63) is 70.9 Å². The van der Waals surface area contributed by atoms with E-state index in [-0.39, 0.29) is 17.7 Å². The molecule has 36 heavy (non-hydrogen) atoms. The highest BCUT2D eigenvalue weighted by Gasteiger charge is 2.55. The Kier molecular flexibility index (Phi) is 6.20. The number of aryl methyl sites for hydroxylation is 1. The molecule has 5 heteroatoms. The van der Waals surface area contributed by atoms with E-state index in [1.165, 1.54) is 24.8 Å². The molecule has 1 N–H and O–H groups in total. The van der Waals surface area contributed by atoms with Gasteiger partial charge in [0, 0.05) is 35.2 Å². The molecule has 1 aromatic heterocycles. The number of aliphatic hydroxyl groups is 1. The first-order valence-electron chi connectivity index (χ1n) is 13.9. The van der Waals surface area contributed by atoms with Gasteiger partial charge in [0.15, 0.2) is 5.72 Å². The van der Waals surface area contributed by atoms with E-state index in [0.29, 0.717) is 24.1 Å². The molecule has 0 saturated heterocycles. The van der Waals surface area contributed by atoms with Crippen molar-refractivity contribution in [2.24, 2.45) is 0 Å². The molecule has 0 bridgehead atoms.